The van der Waals surface area contributed by atoms with Crippen molar-refractivity contribution in [3.63, 3.8) is 0 Å². The van der Waals surface area contributed by atoms with E-state index in [9.17, 15) is 8.60 Å². The fourth-order valence-electron chi connectivity index (χ4n) is 2.02. The normalized spacial score (nSPS) is 11.7. The summed E-state index contributed by atoms with van der Waals surface area (Å²) in [6.45, 7) is 0.360. The van der Waals surface area contributed by atoms with Crippen LogP contribution in [0.5, 0.6) is 0 Å². The van der Waals surface area contributed by atoms with E-state index in [1.54, 1.807) is 6.26 Å². The lowest BCUT2D eigenvalue weighted by Gasteiger charge is -2.09. The summed E-state index contributed by atoms with van der Waals surface area (Å²) >= 11 is 0. The van der Waals surface area contributed by atoms with Gasteiger partial charge in [0.1, 0.15) is 5.82 Å². The minimum Gasteiger partial charge on any atom is -0.381 e. The van der Waals surface area contributed by atoms with Crippen LogP contribution in [0, 0.1) is 17.1 Å². The topological polar surface area (TPSA) is 52.9 Å². The zero-order valence-corrected chi connectivity index (χ0v) is 12.4. The third kappa shape index (κ3) is 4.40. The Morgan fingerprint density at radius 1 is 1.29 bits per heavy atom. The number of anilines is 1. The summed E-state index contributed by atoms with van der Waals surface area (Å²) in [6.07, 6.45) is 1.66. The molecule has 0 saturated carbocycles. The predicted molar refractivity (Wildman–Crippen MR) is 82.7 cm³/mol. The first-order chi connectivity index (χ1) is 10.1. The Balaban J connectivity index is 2.11. The molecular weight excluding hydrogens is 287 g/mol. The van der Waals surface area contributed by atoms with Gasteiger partial charge in [-0.2, -0.15) is 5.26 Å². The van der Waals surface area contributed by atoms with E-state index in [-0.39, 0.29) is 5.82 Å². The molecule has 0 bridgehead atoms. The van der Waals surface area contributed by atoms with Crippen molar-refractivity contribution in [2.45, 2.75) is 12.3 Å². The van der Waals surface area contributed by atoms with Gasteiger partial charge in [-0.25, -0.2) is 4.39 Å². The zero-order chi connectivity index (χ0) is 15.2. The van der Waals surface area contributed by atoms with Crippen molar-refractivity contribution < 1.29 is 8.60 Å². The van der Waals surface area contributed by atoms with Gasteiger partial charge in [0.25, 0.3) is 0 Å². The summed E-state index contributed by atoms with van der Waals surface area (Å²) in [5.74, 6) is 0.139. The van der Waals surface area contributed by atoms with Crippen molar-refractivity contribution in [3.05, 3.63) is 65.0 Å². The van der Waals surface area contributed by atoms with Gasteiger partial charge in [0.2, 0.25) is 0 Å². The molecule has 0 spiro atoms. The van der Waals surface area contributed by atoms with Crippen LogP contribution >= 0.6 is 0 Å². The first-order valence-electron chi connectivity index (χ1n) is 6.40. The second-order valence-electron chi connectivity index (χ2n) is 4.68. The van der Waals surface area contributed by atoms with Gasteiger partial charge in [0.15, 0.2) is 0 Å². The SMILES string of the molecule is C[S@](=O)Cc1cccc(NCc2cc(F)ccc2C#N)c1. The number of hydrogen-bond donors (Lipinski definition) is 1. The smallest absolute Gasteiger partial charge is 0.123 e. The van der Waals surface area contributed by atoms with Crippen molar-refractivity contribution in [2.75, 3.05) is 11.6 Å². The van der Waals surface area contributed by atoms with Crippen LogP contribution in [-0.2, 0) is 23.1 Å². The highest BCUT2D eigenvalue weighted by molar-refractivity contribution is 7.83. The number of rotatable bonds is 5. The second-order valence-corrected chi connectivity index (χ2v) is 6.12. The van der Waals surface area contributed by atoms with Gasteiger partial charge < -0.3 is 5.32 Å². The van der Waals surface area contributed by atoms with Crippen LogP contribution in [0.1, 0.15) is 16.7 Å². The van der Waals surface area contributed by atoms with Crippen LogP contribution in [0.25, 0.3) is 0 Å². The monoisotopic (exact) mass is 302 g/mol. The number of nitrogens with one attached hydrogen (secondary N) is 1. The average molecular weight is 302 g/mol. The maximum atomic E-state index is 13.2. The molecule has 108 valence electrons. The van der Waals surface area contributed by atoms with Crippen LogP contribution in [0.15, 0.2) is 42.5 Å². The van der Waals surface area contributed by atoms with Crippen LogP contribution in [0.2, 0.25) is 0 Å². The van der Waals surface area contributed by atoms with Crippen molar-refractivity contribution in [3.8, 4) is 6.07 Å². The first kappa shape index (κ1) is 15.2. The second kappa shape index (κ2) is 7.00. The van der Waals surface area contributed by atoms with E-state index in [2.05, 4.69) is 5.32 Å². The fraction of sp³-hybridized carbons (Fsp3) is 0.188. The lowest BCUT2D eigenvalue weighted by atomic mass is 10.1. The van der Waals surface area contributed by atoms with Crippen molar-refractivity contribution in [1.29, 1.82) is 5.26 Å². The van der Waals surface area contributed by atoms with Crippen LogP contribution in [-0.4, -0.2) is 10.5 Å². The van der Waals surface area contributed by atoms with Crippen molar-refractivity contribution >= 4 is 16.5 Å². The van der Waals surface area contributed by atoms with E-state index in [0.29, 0.717) is 23.4 Å². The van der Waals surface area contributed by atoms with Crippen LogP contribution in [0.4, 0.5) is 10.1 Å². The molecular formula is C16H15FN2OS. The third-order valence-electron chi connectivity index (χ3n) is 2.97. The lowest BCUT2D eigenvalue weighted by Crippen LogP contribution is -2.03. The minimum absolute atomic E-state index is 0.360. The molecule has 0 fully saturated rings. The Labute approximate surface area is 125 Å². The highest BCUT2D eigenvalue weighted by Gasteiger charge is 2.04. The van der Waals surface area contributed by atoms with Gasteiger partial charge >= 0.3 is 0 Å². The van der Waals surface area contributed by atoms with Crippen LogP contribution in [0.3, 0.4) is 0 Å². The molecule has 0 amide bonds. The average Bonchev–Trinajstić information content (AvgIpc) is 2.45. The lowest BCUT2D eigenvalue weighted by molar-refractivity contribution is 0.625. The summed E-state index contributed by atoms with van der Waals surface area (Å²) in [4.78, 5) is 0. The number of nitrogens with zero attached hydrogens (tertiary/aromatic N) is 1. The fourth-order valence-corrected chi connectivity index (χ4v) is 2.67. The maximum absolute atomic E-state index is 13.2. The van der Waals surface area contributed by atoms with Gasteiger partial charge in [-0.1, -0.05) is 12.1 Å². The Kier molecular flexibility index (Phi) is 5.07. The summed E-state index contributed by atoms with van der Waals surface area (Å²) < 4.78 is 24.5. The standard InChI is InChI=1S/C16H15FN2OS/c1-21(20)11-12-3-2-4-16(7-12)19-10-14-8-15(17)6-5-13(14)9-18/h2-8,19H,10-11H2,1H3/t21-/m0/s1. The van der Waals surface area contributed by atoms with E-state index in [4.69, 9.17) is 5.26 Å². The molecule has 5 heteroatoms. The van der Waals surface area contributed by atoms with Crippen molar-refractivity contribution in [1.82, 2.24) is 0 Å². The molecule has 2 rings (SSSR count). The van der Waals surface area contributed by atoms with E-state index >= 15 is 0 Å². The molecule has 0 aliphatic carbocycles. The predicted octanol–water partition coefficient (Wildman–Crippen LogP) is 3.19. The molecule has 21 heavy (non-hydrogen) atoms. The van der Waals surface area contributed by atoms with Gasteiger partial charge in [-0.3, -0.25) is 4.21 Å². The molecule has 0 saturated heterocycles. The van der Waals surface area contributed by atoms with E-state index in [1.165, 1.54) is 18.2 Å². The molecule has 2 aromatic rings. The molecule has 0 aliphatic heterocycles. The summed E-state index contributed by atoms with van der Waals surface area (Å²) in [5.41, 5.74) is 2.89. The van der Waals surface area contributed by atoms with Gasteiger partial charge in [-0.15, -0.1) is 0 Å². The Morgan fingerprint density at radius 2 is 2.10 bits per heavy atom. The molecule has 0 heterocycles. The molecule has 2 aromatic carbocycles. The van der Waals surface area contributed by atoms with E-state index in [1.807, 2.05) is 30.3 Å². The largest absolute Gasteiger partial charge is 0.381 e. The number of benzene rings is 2. The van der Waals surface area contributed by atoms with Gasteiger partial charge in [0, 0.05) is 35.0 Å². The molecule has 1 atom stereocenters. The molecule has 0 radical (unpaired) electrons. The van der Waals surface area contributed by atoms with Gasteiger partial charge in [-0.05, 0) is 41.5 Å². The van der Waals surface area contributed by atoms with E-state index in [0.717, 1.165) is 11.3 Å². The quantitative estimate of drug-likeness (QED) is 0.923. The van der Waals surface area contributed by atoms with Crippen molar-refractivity contribution in [2.24, 2.45) is 0 Å². The molecule has 3 nitrogen and oxygen atoms in total. The molecule has 1 N–H and O–H groups in total. The highest BCUT2D eigenvalue weighted by atomic mass is 32.2. The van der Waals surface area contributed by atoms with Crippen LogP contribution < -0.4 is 5.32 Å². The summed E-state index contributed by atoms with van der Waals surface area (Å²) in [7, 11) is -0.893. The number of nitriles is 1. The van der Waals surface area contributed by atoms with Gasteiger partial charge in [0.05, 0.1) is 11.6 Å². The Bertz CT molecular complexity index is 710. The van der Waals surface area contributed by atoms with E-state index < -0.39 is 10.8 Å². The molecule has 0 unspecified atom stereocenters. The highest BCUT2D eigenvalue weighted by Crippen LogP contribution is 2.16. The minimum atomic E-state index is -0.893. The first-order valence-corrected chi connectivity index (χ1v) is 8.12. The number of halogens is 1. The maximum Gasteiger partial charge on any atom is 0.123 e. The number of hydrogen-bond acceptors (Lipinski definition) is 3. The Morgan fingerprint density at radius 3 is 2.81 bits per heavy atom. The zero-order valence-electron chi connectivity index (χ0n) is 11.6. The molecule has 0 aromatic heterocycles. The summed E-state index contributed by atoms with van der Waals surface area (Å²) in [6, 6.07) is 13.7. The third-order valence-corrected chi connectivity index (χ3v) is 3.71. The Hall–Kier alpha value is -2.19. The summed E-state index contributed by atoms with van der Waals surface area (Å²) in [5, 5.41) is 12.2. The molecule has 0 aliphatic rings.